The Morgan fingerprint density at radius 2 is 1.81 bits per heavy atom. The van der Waals surface area contributed by atoms with Crippen LogP contribution in [-0.2, 0) is 10.2 Å². The molecule has 140 valence electrons. The van der Waals surface area contributed by atoms with Crippen LogP contribution < -0.4 is 5.32 Å². The van der Waals surface area contributed by atoms with Crippen molar-refractivity contribution in [3.05, 3.63) is 47.5 Å². The van der Waals surface area contributed by atoms with E-state index in [1.165, 1.54) is 0 Å². The normalized spacial score (nSPS) is 11.4. The Labute approximate surface area is 166 Å². The Balaban J connectivity index is 1.54. The van der Waals surface area contributed by atoms with E-state index in [9.17, 15) is 4.79 Å². The first kappa shape index (κ1) is 19.3. The number of rotatable bonds is 5. The standard InChI is InChI=1S/C18H18ClN5O2S/c1-18(2,3)16-20-8-13(9-21-16)22-14(25)10-27-17-24-23-15(26-17)11-4-6-12(19)7-5-11/h4-9H,10H2,1-3H3,(H,22,25). The summed E-state index contributed by atoms with van der Waals surface area (Å²) in [6.45, 7) is 6.08. The second kappa shape index (κ2) is 8.06. The maximum Gasteiger partial charge on any atom is 0.277 e. The molecule has 0 saturated carbocycles. The first-order valence-corrected chi connectivity index (χ1v) is 9.52. The molecule has 0 atom stereocenters. The zero-order chi connectivity index (χ0) is 19.4. The summed E-state index contributed by atoms with van der Waals surface area (Å²) in [5.74, 6) is 1.01. The van der Waals surface area contributed by atoms with Crippen LogP contribution in [0.3, 0.4) is 0 Å². The maximum atomic E-state index is 12.1. The number of aromatic nitrogens is 4. The first-order chi connectivity index (χ1) is 12.8. The van der Waals surface area contributed by atoms with Crippen molar-refractivity contribution in [2.75, 3.05) is 11.1 Å². The van der Waals surface area contributed by atoms with Crippen LogP contribution in [0.25, 0.3) is 11.5 Å². The van der Waals surface area contributed by atoms with Gasteiger partial charge in [0.15, 0.2) is 0 Å². The molecule has 0 aliphatic heterocycles. The van der Waals surface area contributed by atoms with Gasteiger partial charge < -0.3 is 9.73 Å². The number of nitrogens with zero attached hydrogens (tertiary/aromatic N) is 4. The molecule has 0 spiro atoms. The molecule has 27 heavy (non-hydrogen) atoms. The highest BCUT2D eigenvalue weighted by molar-refractivity contribution is 7.99. The molecule has 1 N–H and O–H groups in total. The number of amides is 1. The molecule has 0 saturated heterocycles. The summed E-state index contributed by atoms with van der Waals surface area (Å²) >= 11 is 7.02. The lowest BCUT2D eigenvalue weighted by molar-refractivity contribution is -0.113. The minimum atomic E-state index is -0.210. The van der Waals surface area contributed by atoms with Gasteiger partial charge >= 0.3 is 0 Å². The molecular weight excluding hydrogens is 386 g/mol. The largest absolute Gasteiger partial charge is 0.411 e. The van der Waals surface area contributed by atoms with Crippen LogP contribution in [0.15, 0.2) is 46.3 Å². The Morgan fingerprint density at radius 1 is 1.15 bits per heavy atom. The summed E-state index contributed by atoms with van der Waals surface area (Å²) in [5, 5.41) is 11.6. The van der Waals surface area contributed by atoms with Crippen LogP contribution in [-0.4, -0.2) is 31.8 Å². The van der Waals surface area contributed by atoms with E-state index in [0.29, 0.717) is 21.8 Å². The molecule has 0 fully saturated rings. The van der Waals surface area contributed by atoms with E-state index < -0.39 is 0 Å². The monoisotopic (exact) mass is 403 g/mol. The van der Waals surface area contributed by atoms with Crippen molar-refractivity contribution < 1.29 is 9.21 Å². The summed E-state index contributed by atoms with van der Waals surface area (Å²) in [5.41, 5.74) is 1.17. The van der Waals surface area contributed by atoms with Gasteiger partial charge in [-0.25, -0.2) is 9.97 Å². The van der Waals surface area contributed by atoms with E-state index in [1.807, 2.05) is 20.8 Å². The fraction of sp³-hybridized carbons (Fsp3) is 0.278. The van der Waals surface area contributed by atoms with Gasteiger partial charge in [0.05, 0.1) is 23.8 Å². The van der Waals surface area contributed by atoms with Gasteiger partial charge in [-0.1, -0.05) is 44.1 Å². The summed E-state index contributed by atoms with van der Waals surface area (Å²) in [6, 6.07) is 7.07. The van der Waals surface area contributed by atoms with E-state index in [4.69, 9.17) is 16.0 Å². The highest BCUT2D eigenvalue weighted by Crippen LogP contribution is 2.24. The molecule has 7 nitrogen and oxygen atoms in total. The lowest BCUT2D eigenvalue weighted by Crippen LogP contribution is -2.18. The van der Waals surface area contributed by atoms with Crippen molar-refractivity contribution in [2.45, 2.75) is 31.4 Å². The van der Waals surface area contributed by atoms with E-state index >= 15 is 0 Å². The number of nitrogens with one attached hydrogen (secondary N) is 1. The van der Waals surface area contributed by atoms with E-state index in [2.05, 4.69) is 25.5 Å². The molecule has 0 aliphatic carbocycles. The Bertz CT molecular complexity index is 920. The number of hydrogen-bond acceptors (Lipinski definition) is 7. The molecule has 0 radical (unpaired) electrons. The third-order valence-electron chi connectivity index (χ3n) is 3.43. The van der Waals surface area contributed by atoms with Gasteiger partial charge in [-0.2, -0.15) is 0 Å². The Hall–Kier alpha value is -2.45. The number of anilines is 1. The number of halogens is 1. The van der Waals surface area contributed by atoms with Gasteiger partial charge in [0, 0.05) is 16.0 Å². The number of carbonyl (C=O) groups is 1. The number of benzene rings is 1. The molecule has 1 amide bonds. The van der Waals surface area contributed by atoms with Crippen molar-refractivity contribution >= 4 is 35.0 Å². The predicted molar refractivity (Wildman–Crippen MR) is 105 cm³/mol. The van der Waals surface area contributed by atoms with Crippen molar-refractivity contribution in [3.8, 4) is 11.5 Å². The third kappa shape index (κ3) is 5.27. The molecule has 2 heterocycles. The average molecular weight is 404 g/mol. The smallest absolute Gasteiger partial charge is 0.277 e. The minimum absolute atomic E-state index is 0.128. The SMILES string of the molecule is CC(C)(C)c1ncc(NC(=O)CSc2nnc(-c3ccc(Cl)cc3)o2)cn1. The van der Waals surface area contributed by atoms with Crippen molar-refractivity contribution in [1.29, 1.82) is 0 Å². The van der Waals surface area contributed by atoms with Gasteiger partial charge in [0.25, 0.3) is 5.22 Å². The molecule has 0 unspecified atom stereocenters. The average Bonchev–Trinajstić information content (AvgIpc) is 3.09. The van der Waals surface area contributed by atoms with E-state index in [1.54, 1.807) is 36.7 Å². The molecule has 3 aromatic rings. The molecule has 1 aromatic carbocycles. The molecule has 2 aromatic heterocycles. The van der Waals surface area contributed by atoms with Gasteiger partial charge in [0.1, 0.15) is 5.82 Å². The fourth-order valence-electron chi connectivity index (χ4n) is 2.08. The van der Waals surface area contributed by atoms with E-state index in [-0.39, 0.29) is 17.1 Å². The van der Waals surface area contributed by atoms with Gasteiger partial charge in [-0.3, -0.25) is 4.79 Å². The van der Waals surface area contributed by atoms with Crippen LogP contribution in [0.1, 0.15) is 26.6 Å². The van der Waals surface area contributed by atoms with Crippen molar-refractivity contribution in [2.24, 2.45) is 0 Å². The third-order valence-corrected chi connectivity index (χ3v) is 4.50. The summed E-state index contributed by atoms with van der Waals surface area (Å²) in [7, 11) is 0. The van der Waals surface area contributed by atoms with Crippen LogP contribution >= 0.6 is 23.4 Å². The lowest BCUT2D eigenvalue weighted by atomic mass is 9.96. The Kier molecular flexibility index (Phi) is 5.76. The number of hydrogen-bond donors (Lipinski definition) is 1. The quantitative estimate of drug-likeness (QED) is 0.637. The summed E-state index contributed by atoms with van der Waals surface area (Å²) < 4.78 is 5.56. The molecule has 0 bridgehead atoms. The number of thioether (sulfide) groups is 1. The maximum absolute atomic E-state index is 12.1. The van der Waals surface area contributed by atoms with E-state index in [0.717, 1.165) is 23.1 Å². The second-order valence-electron chi connectivity index (χ2n) is 6.76. The molecule has 3 rings (SSSR count). The van der Waals surface area contributed by atoms with Gasteiger partial charge in [0.2, 0.25) is 11.8 Å². The van der Waals surface area contributed by atoms with Gasteiger partial charge in [-0.05, 0) is 24.3 Å². The van der Waals surface area contributed by atoms with Crippen LogP contribution in [0.2, 0.25) is 5.02 Å². The first-order valence-electron chi connectivity index (χ1n) is 8.16. The summed E-state index contributed by atoms with van der Waals surface area (Å²) in [6.07, 6.45) is 3.20. The zero-order valence-electron chi connectivity index (χ0n) is 15.1. The molecule has 0 aliphatic rings. The lowest BCUT2D eigenvalue weighted by Gasteiger charge is -2.16. The molecule has 9 heteroatoms. The van der Waals surface area contributed by atoms with Crippen molar-refractivity contribution in [3.63, 3.8) is 0 Å². The highest BCUT2D eigenvalue weighted by Gasteiger charge is 2.17. The van der Waals surface area contributed by atoms with Gasteiger partial charge in [-0.15, -0.1) is 10.2 Å². The van der Waals surface area contributed by atoms with Crippen LogP contribution in [0.5, 0.6) is 0 Å². The zero-order valence-corrected chi connectivity index (χ0v) is 16.6. The van der Waals surface area contributed by atoms with Crippen LogP contribution in [0, 0.1) is 0 Å². The predicted octanol–water partition coefficient (Wildman–Crippen LogP) is 4.21. The number of carbonyl (C=O) groups excluding carboxylic acids is 1. The van der Waals surface area contributed by atoms with Crippen molar-refractivity contribution in [1.82, 2.24) is 20.2 Å². The summed E-state index contributed by atoms with van der Waals surface area (Å²) in [4.78, 5) is 20.7. The van der Waals surface area contributed by atoms with Crippen LogP contribution in [0.4, 0.5) is 5.69 Å². The fourth-order valence-corrected chi connectivity index (χ4v) is 2.77. The minimum Gasteiger partial charge on any atom is -0.411 e. The Morgan fingerprint density at radius 3 is 2.44 bits per heavy atom. The molecular formula is C18H18ClN5O2S. The second-order valence-corrected chi connectivity index (χ2v) is 8.13. The topological polar surface area (TPSA) is 93.8 Å². The highest BCUT2D eigenvalue weighted by atomic mass is 35.5.